The van der Waals surface area contributed by atoms with Crippen LogP contribution in [-0.2, 0) is 11.3 Å². The van der Waals surface area contributed by atoms with Crippen LogP contribution >= 0.6 is 0 Å². The first-order valence-corrected chi connectivity index (χ1v) is 10.9. The number of guanidine groups is 1. The van der Waals surface area contributed by atoms with Crippen LogP contribution < -0.4 is 10.2 Å². The predicted molar refractivity (Wildman–Crippen MR) is 115 cm³/mol. The van der Waals surface area contributed by atoms with Crippen molar-refractivity contribution in [3.8, 4) is 0 Å². The zero-order valence-electron chi connectivity index (χ0n) is 17.7. The first kappa shape index (κ1) is 21.8. The standard InChI is InChI=1S/C22H35FN4O2/c1-3-24-22(26(2)12-13-29-16-17-4-5-17)25-15-18-6-7-21(20(23)14-18)27-10-8-19(28)9-11-27/h6-7,14,17,19,28H,3-5,8-13,15-16H2,1-2H3,(H,24,25). The number of likely N-dealkylation sites (N-methyl/N-ethyl adjacent to an activating group) is 1. The third-order valence-corrected chi connectivity index (χ3v) is 5.55. The number of aliphatic hydroxyl groups excluding tert-OH is 1. The number of ether oxygens (including phenoxy) is 1. The lowest BCUT2D eigenvalue weighted by Gasteiger charge is -2.31. The normalized spacial score (nSPS) is 18.2. The summed E-state index contributed by atoms with van der Waals surface area (Å²) in [7, 11) is 2.00. The van der Waals surface area contributed by atoms with Gasteiger partial charge in [0.15, 0.2) is 5.96 Å². The number of aliphatic hydroxyl groups is 1. The van der Waals surface area contributed by atoms with Gasteiger partial charge in [-0.1, -0.05) is 6.07 Å². The van der Waals surface area contributed by atoms with Gasteiger partial charge in [-0.25, -0.2) is 9.38 Å². The Hall–Kier alpha value is -1.86. The summed E-state index contributed by atoms with van der Waals surface area (Å²) in [5.41, 5.74) is 1.46. The third-order valence-electron chi connectivity index (χ3n) is 5.55. The van der Waals surface area contributed by atoms with Gasteiger partial charge in [0.2, 0.25) is 0 Å². The fourth-order valence-electron chi connectivity index (χ4n) is 3.49. The van der Waals surface area contributed by atoms with Crippen LogP contribution in [0.1, 0.15) is 38.2 Å². The van der Waals surface area contributed by atoms with Gasteiger partial charge in [-0.3, -0.25) is 0 Å². The lowest BCUT2D eigenvalue weighted by atomic mass is 10.1. The van der Waals surface area contributed by atoms with Gasteiger partial charge in [0, 0.05) is 39.8 Å². The van der Waals surface area contributed by atoms with Crippen LogP contribution in [0.3, 0.4) is 0 Å². The fraction of sp³-hybridized carbons (Fsp3) is 0.682. The molecule has 29 heavy (non-hydrogen) atoms. The SMILES string of the molecule is CCNC(=NCc1ccc(N2CCC(O)CC2)c(F)c1)N(C)CCOCC1CC1. The molecule has 0 bridgehead atoms. The maximum atomic E-state index is 14.6. The van der Waals surface area contributed by atoms with Crippen molar-refractivity contribution in [3.63, 3.8) is 0 Å². The van der Waals surface area contributed by atoms with Gasteiger partial charge in [0.1, 0.15) is 5.82 Å². The highest BCUT2D eigenvalue weighted by atomic mass is 19.1. The highest BCUT2D eigenvalue weighted by molar-refractivity contribution is 5.79. The topological polar surface area (TPSA) is 60.3 Å². The maximum absolute atomic E-state index is 14.6. The van der Waals surface area contributed by atoms with E-state index in [0.29, 0.717) is 44.8 Å². The molecule has 1 aromatic rings. The maximum Gasteiger partial charge on any atom is 0.194 e. The van der Waals surface area contributed by atoms with Gasteiger partial charge in [-0.2, -0.15) is 0 Å². The van der Waals surface area contributed by atoms with E-state index >= 15 is 0 Å². The molecule has 1 heterocycles. The first-order valence-electron chi connectivity index (χ1n) is 10.9. The van der Waals surface area contributed by atoms with Gasteiger partial charge in [0.25, 0.3) is 0 Å². The molecular formula is C22H35FN4O2. The zero-order chi connectivity index (χ0) is 20.6. The van der Waals surface area contributed by atoms with Crippen LogP contribution in [0.2, 0.25) is 0 Å². The Bertz CT molecular complexity index is 673. The molecule has 0 radical (unpaired) electrons. The van der Waals surface area contributed by atoms with E-state index in [1.807, 2.05) is 31.0 Å². The molecule has 1 aliphatic carbocycles. The van der Waals surface area contributed by atoms with E-state index in [4.69, 9.17) is 4.74 Å². The van der Waals surface area contributed by atoms with E-state index in [1.165, 1.54) is 12.8 Å². The van der Waals surface area contributed by atoms with Gasteiger partial charge < -0.3 is 25.0 Å². The summed E-state index contributed by atoms with van der Waals surface area (Å²) in [4.78, 5) is 8.73. The number of hydrogen-bond acceptors (Lipinski definition) is 4. The lowest BCUT2D eigenvalue weighted by Crippen LogP contribution is -2.40. The molecule has 3 rings (SSSR count). The highest BCUT2D eigenvalue weighted by Gasteiger charge is 2.21. The molecule has 0 unspecified atom stereocenters. The van der Waals surface area contributed by atoms with Crippen molar-refractivity contribution in [2.45, 2.75) is 45.3 Å². The van der Waals surface area contributed by atoms with Gasteiger partial charge >= 0.3 is 0 Å². The minimum Gasteiger partial charge on any atom is -0.393 e. The lowest BCUT2D eigenvalue weighted by molar-refractivity contribution is 0.115. The molecule has 1 aromatic carbocycles. The Balaban J connectivity index is 1.54. The molecule has 1 saturated carbocycles. The summed E-state index contributed by atoms with van der Waals surface area (Å²) in [6.45, 7) is 6.94. The van der Waals surface area contributed by atoms with Gasteiger partial charge in [-0.15, -0.1) is 0 Å². The van der Waals surface area contributed by atoms with E-state index in [-0.39, 0.29) is 11.9 Å². The highest BCUT2D eigenvalue weighted by Crippen LogP contribution is 2.28. The Morgan fingerprint density at radius 3 is 2.72 bits per heavy atom. The summed E-state index contributed by atoms with van der Waals surface area (Å²) < 4.78 is 20.4. The second kappa shape index (κ2) is 10.8. The first-order chi connectivity index (χ1) is 14.1. The Morgan fingerprint density at radius 2 is 2.07 bits per heavy atom. The Morgan fingerprint density at radius 1 is 1.31 bits per heavy atom. The summed E-state index contributed by atoms with van der Waals surface area (Å²) in [6, 6.07) is 5.35. The van der Waals surface area contributed by atoms with Crippen LogP contribution in [0.25, 0.3) is 0 Å². The van der Waals surface area contributed by atoms with E-state index in [0.717, 1.165) is 37.1 Å². The summed E-state index contributed by atoms with van der Waals surface area (Å²) in [5.74, 6) is 1.35. The van der Waals surface area contributed by atoms with Crippen LogP contribution in [0, 0.1) is 11.7 Å². The average Bonchev–Trinajstić information content (AvgIpc) is 3.54. The second-order valence-electron chi connectivity index (χ2n) is 8.11. The monoisotopic (exact) mass is 406 g/mol. The van der Waals surface area contributed by atoms with Crippen molar-refractivity contribution < 1.29 is 14.2 Å². The van der Waals surface area contributed by atoms with Crippen molar-refractivity contribution in [3.05, 3.63) is 29.6 Å². The molecule has 6 nitrogen and oxygen atoms in total. The smallest absolute Gasteiger partial charge is 0.194 e. The molecule has 1 saturated heterocycles. The number of rotatable bonds is 9. The van der Waals surface area contributed by atoms with Crippen molar-refractivity contribution in [2.24, 2.45) is 10.9 Å². The minimum absolute atomic E-state index is 0.221. The molecule has 2 aliphatic rings. The van der Waals surface area contributed by atoms with Crippen molar-refractivity contribution in [2.75, 3.05) is 51.3 Å². The molecule has 0 spiro atoms. The van der Waals surface area contributed by atoms with Crippen LogP contribution in [-0.4, -0.2) is 68.5 Å². The number of nitrogens with zero attached hydrogens (tertiary/aromatic N) is 3. The summed E-state index contributed by atoms with van der Waals surface area (Å²) in [5, 5.41) is 12.9. The Kier molecular flexibility index (Phi) is 8.12. The number of halogens is 1. The Labute approximate surface area is 173 Å². The molecular weight excluding hydrogens is 371 g/mol. The third kappa shape index (κ3) is 6.85. The largest absolute Gasteiger partial charge is 0.393 e. The van der Waals surface area contributed by atoms with Crippen LogP contribution in [0.15, 0.2) is 23.2 Å². The predicted octanol–water partition coefficient (Wildman–Crippen LogP) is 2.61. The zero-order valence-corrected chi connectivity index (χ0v) is 17.7. The number of hydrogen-bond donors (Lipinski definition) is 2. The number of piperidine rings is 1. The van der Waals surface area contributed by atoms with Crippen molar-refractivity contribution in [1.29, 1.82) is 0 Å². The molecule has 2 fully saturated rings. The molecule has 7 heteroatoms. The number of benzene rings is 1. The molecule has 0 amide bonds. The van der Waals surface area contributed by atoms with Crippen LogP contribution in [0.5, 0.6) is 0 Å². The fourth-order valence-corrected chi connectivity index (χ4v) is 3.49. The molecule has 162 valence electrons. The second-order valence-corrected chi connectivity index (χ2v) is 8.11. The van der Waals surface area contributed by atoms with E-state index in [2.05, 4.69) is 15.2 Å². The number of nitrogens with one attached hydrogen (secondary N) is 1. The number of anilines is 1. The summed E-state index contributed by atoms with van der Waals surface area (Å²) in [6.07, 6.45) is 3.72. The van der Waals surface area contributed by atoms with Crippen molar-refractivity contribution >= 4 is 11.6 Å². The van der Waals surface area contributed by atoms with Crippen LogP contribution in [0.4, 0.5) is 10.1 Å². The molecule has 0 atom stereocenters. The molecule has 1 aliphatic heterocycles. The minimum atomic E-state index is -0.261. The molecule has 2 N–H and O–H groups in total. The van der Waals surface area contributed by atoms with Crippen molar-refractivity contribution in [1.82, 2.24) is 10.2 Å². The van der Waals surface area contributed by atoms with E-state index in [9.17, 15) is 9.50 Å². The van der Waals surface area contributed by atoms with E-state index in [1.54, 1.807) is 6.07 Å². The van der Waals surface area contributed by atoms with E-state index < -0.39 is 0 Å². The van der Waals surface area contributed by atoms with Gasteiger partial charge in [-0.05, 0) is 56.2 Å². The summed E-state index contributed by atoms with van der Waals surface area (Å²) >= 11 is 0. The number of aliphatic imine (C=N–C) groups is 1. The van der Waals surface area contributed by atoms with Gasteiger partial charge in [0.05, 0.1) is 24.9 Å². The average molecular weight is 407 g/mol. The molecule has 0 aromatic heterocycles. The quantitative estimate of drug-likeness (QED) is 0.375.